The summed E-state index contributed by atoms with van der Waals surface area (Å²) in [6.07, 6.45) is -1.72. The number of nitrogens with zero attached hydrogens (tertiary/aromatic N) is 1. The van der Waals surface area contributed by atoms with Crippen molar-refractivity contribution in [3.05, 3.63) is 12.3 Å². The van der Waals surface area contributed by atoms with Gasteiger partial charge in [0.05, 0.1) is 5.70 Å². The van der Waals surface area contributed by atoms with Gasteiger partial charge in [-0.3, -0.25) is 4.99 Å². The second kappa shape index (κ2) is 1.93. The van der Waals surface area contributed by atoms with Gasteiger partial charge in [-0.15, -0.1) is 0 Å². The molecule has 1 heterocycles. The van der Waals surface area contributed by atoms with E-state index >= 15 is 0 Å². The third-order valence-electron chi connectivity index (χ3n) is 1.39. The standard InChI is InChI=1S/C6H9NO2/c1-3-5(8)6(9)4(2)7-3/h5-6,8-9H,1H2,2H3. The van der Waals surface area contributed by atoms with Crippen LogP contribution in [0.2, 0.25) is 0 Å². The quantitative estimate of drug-likeness (QED) is 0.469. The number of rotatable bonds is 0. The van der Waals surface area contributed by atoms with Crippen molar-refractivity contribution in [3.8, 4) is 0 Å². The molecule has 50 valence electrons. The van der Waals surface area contributed by atoms with Crippen molar-refractivity contribution in [1.29, 1.82) is 0 Å². The zero-order valence-corrected chi connectivity index (χ0v) is 5.20. The molecule has 0 radical (unpaired) electrons. The van der Waals surface area contributed by atoms with Crippen molar-refractivity contribution >= 4 is 5.71 Å². The molecule has 0 aromatic carbocycles. The van der Waals surface area contributed by atoms with Gasteiger partial charge < -0.3 is 10.2 Å². The smallest absolute Gasteiger partial charge is 0.126 e. The molecule has 0 aromatic rings. The van der Waals surface area contributed by atoms with E-state index < -0.39 is 12.2 Å². The van der Waals surface area contributed by atoms with Crippen LogP contribution in [0.1, 0.15) is 6.92 Å². The fourth-order valence-corrected chi connectivity index (χ4v) is 0.769. The number of aliphatic imine (C=N–C) groups is 1. The lowest BCUT2D eigenvalue weighted by atomic mass is 10.1. The first-order valence-electron chi connectivity index (χ1n) is 2.73. The molecule has 0 aromatic heterocycles. The molecule has 0 amide bonds. The Morgan fingerprint density at radius 1 is 1.44 bits per heavy atom. The van der Waals surface area contributed by atoms with Gasteiger partial charge in [0.15, 0.2) is 0 Å². The Morgan fingerprint density at radius 3 is 2.11 bits per heavy atom. The normalized spacial score (nSPS) is 35.0. The number of aliphatic hydroxyl groups is 2. The van der Waals surface area contributed by atoms with Crippen molar-refractivity contribution in [2.45, 2.75) is 19.1 Å². The molecule has 0 spiro atoms. The summed E-state index contributed by atoms with van der Waals surface area (Å²) in [5.41, 5.74) is 0.882. The molecule has 9 heavy (non-hydrogen) atoms. The summed E-state index contributed by atoms with van der Waals surface area (Å²) in [7, 11) is 0. The lowest BCUT2D eigenvalue weighted by Gasteiger charge is -2.05. The van der Waals surface area contributed by atoms with Crippen molar-refractivity contribution in [2.75, 3.05) is 0 Å². The van der Waals surface area contributed by atoms with E-state index in [2.05, 4.69) is 11.6 Å². The first-order chi connectivity index (χ1) is 4.13. The summed E-state index contributed by atoms with van der Waals surface area (Å²) < 4.78 is 0. The topological polar surface area (TPSA) is 52.8 Å². The molecule has 0 fully saturated rings. The van der Waals surface area contributed by atoms with E-state index in [-0.39, 0.29) is 0 Å². The summed E-state index contributed by atoms with van der Waals surface area (Å²) in [4.78, 5) is 3.77. The van der Waals surface area contributed by atoms with E-state index in [0.717, 1.165) is 0 Å². The van der Waals surface area contributed by atoms with Crippen molar-refractivity contribution in [3.63, 3.8) is 0 Å². The lowest BCUT2D eigenvalue weighted by molar-refractivity contribution is 0.0929. The van der Waals surface area contributed by atoms with Crippen molar-refractivity contribution in [1.82, 2.24) is 0 Å². The zero-order chi connectivity index (χ0) is 7.02. The maximum atomic E-state index is 9.00. The molecule has 3 heteroatoms. The van der Waals surface area contributed by atoms with Gasteiger partial charge in [-0.2, -0.15) is 0 Å². The summed E-state index contributed by atoms with van der Waals surface area (Å²) in [6, 6.07) is 0. The molecule has 1 aliphatic rings. The highest BCUT2D eigenvalue weighted by atomic mass is 16.3. The molecule has 0 aliphatic carbocycles. The van der Waals surface area contributed by atoms with Crippen LogP contribution in [0.5, 0.6) is 0 Å². The van der Waals surface area contributed by atoms with Crippen LogP contribution < -0.4 is 0 Å². The molecule has 0 bridgehead atoms. The van der Waals surface area contributed by atoms with Crippen molar-refractivity contribution in [2.24, 2.45) is 4.99 Å². The first-order valence-corrected chi connectivity index (χ1v) is 2.73. The monoisotopic (exact) mass is 127 g/mol. The SMILES string of the molecule is C=C1N=C(C)C(O)C1O. The van der Waals surface area contributed by atoms with Gasteiger partial charge in [-0.1, -0.05) is 6.58 Å². The predicted molar refractivity (Wildman–Crippen MR) is 34.3 cm³/mol. The molecule has 0 saturated carbocycles. The second-order valence-corrected chi connectivity index (χ2v) is 2.13. The van der Waals surface area contributed by atoms with E-state index in [1.807, 2.05) is 0 Å². The largest absolute Gasteiger partial charge is 0.384 e. The molecule has 2 N–H and O–H groups in total. The van der Waals surface area contributed by atoms with Gasteiger partial charge >= 0.3 is 0 Å². The summed E-state index contributed by atoms with van der Waals surface area (Å²) >= 11 is 0. The van der Waals surface area contributed by atoms with Crippen LogP contribution in [-0.2, 0) is 0 Å². The fourth-order valence-electron chi connectivity index (χ4n) is 0.769. The molecular formula is C6H9NO2. The third kappa shape index (κ3) is 0.886. The van der Waals surface area contributed by atoms with E-state index in [0.29, 0.717) is 11.4 Å². The highest BCUT2D eigenvalue weighted by Gasteiger charge is 2.27. The molecule has 2 atom stereocenters. The Morgan fingerprint density at radius 2 is 2.00 bits per heavy atom. The van der Waals surface area contributed by atoms with Gasteiger partial charge in [-0.25, -0.2) is 0 Å². The van der Waals surface area contributed by atoms with Crippen LogP contribution in [0.3, 0.4) is 0 Å². The van der Waals surface area contributed by atoms with Gasteiger partial charge in [0.25, 0.3) is 0 Å². The summed E-state index contributed by atoms with van der Waals surface area (Å²) in [6.45, 7) is 5.10. The fraction of sp³-hybridized carbons (Fsp3) is 0.500. The summed E-state index contributed by atoms with van der Waals surface area (Å²) in [5.74, 6) is 0. The maximum Gasteiger partial charge on any atom is 0.126 e. The highest BCUT2D eigenvalue weighted by molar-refractivity contribution is 5.90. The number of hydrogen-bond donors (Lipinski definition) is 2. The van der Waals surface area contributed by atoms with Crippen LogP contribution in [0.15, 0.2) is 17.3 Å². The van der Waals surface area contributed by atoms with Gasteiger partial charge in [0.2, 0.25) is 0 Å². The first kappa shape index (κ1) is 6.45. The van der Waals surface area contributed by atoms with Crippen LogP contribution in [0.4, 0.5) is 0 Å². The molecule has 1 rings (SSSR count). The number of hydrogen-bond acceptors (Lipinski definition) is 3. The third-order valence-corrected chi connectivity index (χ3v) is 1.39. The van der Waals surface area contributed by atoms with Gasteiger partial charge in [0.1, 0.15) is 12.2 Å². The Balaban J connectivity index is 2.82. The van der Waals surface area contributed by atoms with E-state index in [1.54, 1.807) is 6.92 Å². The van der Waals surface area contributed by atoms with Crippen LogP contribution in [0.25, 0.3) is 0 Å². The zero-order valence-electron chi connectivity index (χ0n) is 5.20. The summed E-state index contributed by atoms with van der Waals surface area (Å²) in [5, 5.41) is 18.0. The average molecular weight is 127 g/mol. The highest BCUT2D eigenvalue weighted by Crippen LogP contribution is 2.15. The Kier molecular flexibility index (Phi) is 1.38. The van der Waals surface area contributed by atoms with E-state index in [9.17, 15) is 0 Å². The minimum Gasteiger partial charge on any atom is -0.384 e. The Bertz CT molecular complexity index is 174. The Labute approximate surface area is 53.4 Å². The number of aliphatic hydroxyl groups excluding tert-OH is 2. The van der Waals surface area contributed by atoms with E-state index in [1.165, 1.54) is 0 Å². The predicted octanol–water partition coefficient (Wildman–Crippen LogP) is -0.304. The lowest BCUT2D eigenvalue weighted by Crippen LogP contribution is -2.26. The molecule has 3 nitrogen and oxygen atoms in total. The van der Waals surface area contributed by atoms with Crippen LogP contribution >= 0.6 is 0 Å². The molecule has 1 aliphatic heterocycles. The Hall–Kier alpha value is -0.670. The molecule has 0 saturated heterocycles. The molecule has 2 unspecified atom stereocenters. The minimum absolute atomic E-state index is 0.347. The maximum absolute atomic E-state index is 9.00. The van der Waals surface area contributed by atoms with Crippen molar-refractivity contribution < 1.29 is 10.2 Å². The van der Waals surface area contributed by atoms with E-state index in [4.69, 9.17) is 10.2 Å². The van der Waals surface area contributed by atoms with Gasteiger partial charge in [0, 0.05) is 5.71 Å². The molecular weight excluding hydrogens is 118 g/mol. The average Bonchev–Trinajstić information content (AvgIpc) is 1.98. The van der Waals surface area contributed by atoms with Crippen LogP contribution in [0, 0.1) is 0 Å². The van der Waals surface area contributed by atoms with Crippen LogP contribution in [-0.4, -0.2) is 28.1 Å². The second-order valence-electron chi connectivity index (χ2n) is 2.13. The minimum atomic E-state index is -0.884. The van der Waals surface area contributed by atoms with Gasteiger partial charge in [-0.05, 0) is 6.92 Å².